The van der Waals surface area contributed by atoms with Gasteiger partial charge in [0.05, 0.1) is 11.4 Å². The van der Waals surface area contributed by atoms with Gasteiger partial charge in [-0.3, -0.25) is 0 Å². The van der Waals surface area contributed by atoms with Crippen molar-refractivity contribution in [2.75, 3.05) is 6.61 Å². The Kier molecular flexibility index (Phi) is 4.03. The van der Waals surface area contributed by atoms with E-state index in [2.05, 4.69) is 11.7 Å². The molecule has 1 heterocycles. The Bertz CT molecular complexity index is 427. The van der Waals surface area contributed by atoms with Crippen LogP contribution >= 0.6 is 11.6 Å². The summed E-state index contributed by atoms with van der Waals surface area (Å²) in [7, 11) is 1.25. The zero-order valence-corrected chi connectivity index (χ0v) is 9.57. The van der Waals surface area contributed by atoms with Crippen LogP contribution in [0.4, 0.5) is 17.6 Å². The molecule has 0 N–H and O–H groups in total. The molecule has 0 spiro atoms. The lowest BCUT2D eigenvalue weighted by Crippen LogP contribution is -2.09. The van der Waals surface area contributed by atoms with E-state index >= 15 is 0 Å². The van der Waals surface area contributed by atoms with E-state index in [1.165, 1.54) is 7.05 Å². The number of ether oxygens (including phenoxy) is 1. The fourth-order valence-electron chi connectivity index (χ4n) is 1.23. The Balaban J connectivity index is 3.13. The Morgan fingerprint density at radius 2 is 2.12 bits per heavy atom. The second kappa shape index (κ2) is 4.95. The monoisotopic (exact) mass is 272 g/mol. The number of halogens is 5. The first-order chi connectivity index (χ1) is 7.77. The van der Waals surface area contributed by atoms with E-state index in [1.54, 1.807) is 0 Å². The van der Waals surface area contributed by atoms with Crippen molar-refractivity contribution in [2.24, 2.45) is 7.05 Å². The molecule has 0 bridgehead atoms. The van der Waals surface area contributed by atoms with Gasteiger partial charge in [0, 0.05) is 7.05 Å². The smallest absolute Gasteiger partial charge is 0.435 e. The minimum Gasteiger partial charge on any atom is -0.470 e. The van der Waals surface area contributed by atoms with Crippen molar-refractivity contribution in [3.05, 3.63) is 23.7 Å². The zero-order valence-electron chi connectivity index (χ0n) is 8.81. The van der Waals surface area contributed by atoms with Crippen LogP contribution in [-0.4, -0.2) is 16.4 Å². The number of alkyl halides is 4. The molecule has 1 aromatic heterocycles. The quantitative estimate of drug-likeness (QED) is 0.622. The lowest BCUT2D eigenvalue weighted by atomic mass is 10.2. The lowest BCUT2D eigenvalue weighted by Gasteiger charge is -2.07. The molecule has 0 saturated carbocycles. The summed E-state index contributed by atoms with van der Waals surface area (Å²) in [6.07, 6.45) is -4.63. The van der Waals surface area contributed by atoms with E-state index in [1.807, 2.05) is 0 Å². The van der Waals surface area contributed by atoms with Gasteiger partial charge in [-0.2, -0.15) is 18.3 Å². The van der Waals surface area contributed by atoms with E-state index in [9.17, 15) is 17.6 Å². The van der Waals surface area contributed by atoms with E-state index < -0.39 is 30.2 Å². The molecule has 17 heavy (non-hydrogen) atoms. The largest absolute Gasteiger partial charge is 0.470 e. The standard InChI is InChI=1S/C9H9ClF4N2O/c1-5(11)4-17-8-6(3-10)7(9(12,13)14)15-16(8)2/h1,3-4H2,2H3. The third-order valence-corrected chi connectivity index (χ3v) is 2.12. The van der Waals surface area contributed by atoms with Gasteiger partial charge in [0.15, 0.2) is 5.69 Å². The SMILES string of the molecule is C=C(F)COc1c(CCl)c(C(F)(F)F)nn1C. The first-order valence-electron chi connectivity index (χ1n) is 4.42. The number of nitrogens with zero attached hydrogens (tertiary/aromatic N) is 2. The number of hydrogen-bond donors (Lipinski definition) is 0. The van der Waals surface area contributed by atoms with E-state index in [4.69, 9.17) is 16.3 Å². The third kappa shape index (κ3) is 3.12. The Morgan fingerprint density at radius 1 is 1.53 bits per heavy atom. The van der Waals surface area contributed by atoms with Gasteiger partial charge < -0.3 is 4.74 Å². The second-order valence-electron chi connectivity index (χ2n) is 3.19. The Hall–Kier alpha value is -1.24. The van der Waals surface area contributed by atoms with Crippen molar-refractivity contribution in [1.29, 1.82) is 0 Å². The van der Waals surface area contributed by atoms with E-state index in [0.29, 0.717) is 0 Å². The summed E-state index contributed by atoms with van der Waals surface area (Å²) in [5.74, 6) is -1.46. The molecule has 0 unspecified atom stereocenters. The van der Waals surface area contributed by atoms with Crippen molar-refractivity contribution >= 4 is 11.6 Å². The molecule has 0 amide bonds. The van der Waals surface area contributed by atoms with Crippen molar-refractivity contribution < 1.29 is 22.3 Å². The maximum Gasteiger partial charge on any atom is 0.435 e. The van der Waals surface area contributed by atoms with Gasteiger partial charge in [0.1, 0.15) is 12.4 Å². The predicted octanol–water partition coefficient (Wildman–Crippen LogP) is 3.04. The molecule has 1 rings (SSSR count). The van der Waals surface area contributed by atoms with Crippen molar-refractivity contribution in [3.63, 3.8) is 0 Å². The average Bonchev–Trinajstić information content (AvgIpc) is 2.51. The molecule has 0 aliphatic rings. The molecular weight excluding hydrogens is 264 g/mol. The van der Waals surface area contributed by atoms with Gasteiger partial charge in [-0.25, -0.2) is 9.07 Å². The molecule has 0 aromatic carbocycles. The molecule has 0 aliphatic carbocycles. The van der Waals surface area contributed by atoms with Crippen LogP contribution in [0.2, 0.25) is 0 Å². The van der Waals surface area contributed by atoms with Crippen LogP contribution in [0.3, 0.4) is 0 Å². The summed E-state index contributed by atoms with van der Waals surface area (Å²) >= 11 is 5.42. The highest BCUT2D eigenvalue weighted by Crippen LogP contribution is 2.36. The number of hydrogen-bond acceptors (Lipinski definition) is 2. The highest BCUT2D eigenvalue weighted by Gasteiger charge is 2.39. The molecule has 0 saturated heterocycles. The maximum atomic E-state index is 12.5. The van der Waals surface area contributed by atoms with Gasteiger partial charge in [-0.15, -0.1) is 11.6 Å². The number of aromatic nitrogens is 2. The molecule has 0 radical (unpaired) electrons. The van der Waals surface area contributed by atoms with Crippen LogP contribution in [-0.2, 0) is 19.1 Å². The highest BCUT2D eigenvalue weighted by molar-refractivity contribution is 6.17. The molecule has 0 aliphatic heterocycles. The number of rotatable bonds is 4. The van der Waals surface area contributed by atoms with Gasteiger partial charge in [0.25, 0.3) is 0 Å². The molecule has 8 heteroatoms. The van der Waals surface area contributed by atoms with Crippen molar-refractivity contribution in [2.45, 2.75) is 12.1 Å². The molecule has 3 nitrogen and oxygen atoms in total. The van der Waals surface area contributed by atoms with Gasteiger partial charge in [-0.1, -0.05) is 6.58 Å². The number of aryl methyl sites for hydroxylation is 1. The van der Waals surface area contributed by atoms with Crippen LogP contribution in [0.25, 0.3) is 0 Å². The van der Waals surface area contributed by atoms with E-state index in [0.717, 1.165) is 4.68 Å². The molecular formula is C9H9ClF4N2O. The fourth-order valence-corrected chi connectivity index (χ4v) is 1.47. The summed E-state index contributed by atoms with van der Waals surface area (Å²) in [4.78, 5) is 0. The van der Waals surface area contributed by atoms with E-state index in [-0.39, 0.29) is 11.4 Å². The van der Waals surface area contributed by atoms with Gasteiger partial charge >= 0.3 is 6.18 Å². The molecule has 96 valence electrons. The summed E-state index contributed by atoms with van der Waals surface area (Å²) < 4.78 is 55.7. The fraction of sp³-hybridized carbons (Fsp3) is 0.444. The normalized spacial score (nSPS) is 11.6. The topological polar surface area (TPSA) is 27.1 Å². The van der Waals surface area contributed by atoms with Gasteiger partial charge in [-0.05, 0) is 0 Å². The van der Waals surface area contributed by atoms with Crippen LogP contribution in [0, 0.1) is 0 Å². The minimum absolute atomic E-state index is 0.217. The van der Waals surface area contributed by atoms with Crippen molar-refractivity contribution in [3.8, 4) is 5.88 Å². The lowest BCUT2D eigenvalue weighted by molar-refractivity contribution is -0.141. The van der Waals surface area contributed by atoms with Crippen LogP contribution < -0.4 is 4.74 Å². The third-order valence-electron chi connectivity index (χ3n) is 1.86. The average molecular weight is 273 g/mol. The molecule has 0 fully saturated rings. The summed E-state index contributed by atoms with van der Waals surface area (Å²) in [6, 6.07) is 0. The minimum atomic E-state index is -4.63. The summed E-state index contributed by atoms with van der Waals surface area (Å²) in [5.41, 5.74) is -1.45. The van der Waals surface area contributed by atoms with Crippen LogP contribution in [0.15, 0.2) is 12.4 Å². The zero-order chi connectivity index (χ0) is 13.2. The Morgan fingerprint density at radius 3 is 2.53 bits per heavy atom. The molecule has 0 atom stereocenters. The van der Waals surface area contributed by atoms with Crippen LogP contribution in [0.1, 0.15) is 11.3 Å². The predicted molar refractivity (Wildman–Crippen MR) is 53.5 cm³/mol. The van der Waals surface area contributed by atoms with Crippen LogP contribution in [0.5, 0.6) is 5.88 Å². The first kappa shape index (κ1) is 13.8. The first-order valence-corrected chi connectivity index (χ1v) is 4.96. The summed E-state index contributed by atoms with van der Waals surface area (Å²) in [6.45, 7) is 2.39. The second-order valence-corrected chi connectivity index (χ2v) is 3.46. The Labute approximate surface area is 99.6 Å². The van der Waals surface area contributed by atoms with Gasteiger partial charge in [0.2, 0.25) is 5.88 Å². The summed E-state index contributed by atoms with van der Waals surface area (Å²) in [5, 5.41) is 3.26. The molecule has 1 aromatic rings. The van der Waals surface area contributed by atoms with Crippen molar-refractivity contribution in [1.82, 2.24) is 9.78 Å². The maximum absolute atomic E-state index is 12.5. The highest BCUT2D eigenvalue weighted by atomic mass is 35.5.